The van der Waals surface area contributed by atoms with E-state index in [1.54, 1.807) is 28.7 Å². The van der Waals surface area contributed by atoms with Gasteiger partial charge in [-0.25, -0.2) is 18.4 Å². The number of sulfonamides is 1. The van der Waals surface area contributed by atoms with E-state index in [2.05, 4.69) is 32.4 Å². The normalized spacial score (nSPS) is 18.6. The van der Waals surface area contributed by atoms with Gasteiger partial charge in [0.05, 0.1) is 4.90 Å². The third kappa shape index (κ3) is 2.95. The van der Waals surface area contributed by atoms with Crippen molar-refractivity contribution in [2.45, 2.75) is 30.7 Å². The molecule has 1 atom stereocenters. The molecule has 1 fully saturated rings. The van der Waals surface area contributed by atoms with E-state index in [0.717, 1.165) is 34.4 Å². The molecule has 136 valence electrons. The third-order valence-electron chi connectivity index (χ3n) is 4.80. The molecule has 0 spiro atoms. The van der Waals surface area contributed by atoms with Gasteiger partial charge in [0.2, 0.25) is 10.0 Å². The summed E-state index contributed by atoms with van der Waals surface area (Å²) in [6.45, 7) is 3.76. The molecule has 0 N–H and O–H groups in total. The Bertz CT molecular complexity index is 1060. The molecule has 3 heterocycles. The monoisotopic (exact) mass is 434 g/mol. The van der Waals surface area contributed by atoms with Gasteiger partial charge in [0.25, 0.3) is 0 Å². The van der Waals surface area contributed by atoms with Crippen LogP contribution in [0.4, 0.5) is 0 Å². The summed E-state index contributed by atoms with van der Waals surface area (Å²) in [5, 5.41) is 0. The van der Waals surface area contributed by atoms with Crippen molar-refractivity contribution in [1.82, 2.24) is 18.8 Å². The zero-order valence-electron chi connectivity index (χ0n) is 14.3. The maximum absolute atomic E-state index is 13.0. The maximum atomic E-state index is 13.0. The first-order chi connectivity index (χ1) is 12.5. The number of aromatic nitrogens is 3. The zero-order valence-corrected chi connectivity index (χ0v) is 16.7. The number of hydrogen-bond donors (Lipinski definition) is 0. The molecule has 0 saturated carbocycles. The van der Waals surface area contributed by atoms with Crippen LogP contribution in [0.3, 0.4) is 0 Å². The Morgan fingerprint density at radius 2 is 2.12 bits per heavy atom. The lowest BCUT2D eigenvalue weighted by molar-refractivity contribution is 0.469. The van der Waals surface area contributed by atoms with Gasteiger partial charge in [-0.3, -0.25) is 0 Å². The first kappa shape index (κ1) is 17.6. The number of aryl methyl sites for hydroxylation is 1. The Labute approximate surface area is 161 Å². The largest absolute Gasteiger partial charge is 0.313 e. The highest BCUT2D eigenvalue weighted by Crippen LogP contribution is 2.32. The predicted molar refractivity (Wildman–Crippen MR) is 103 cm³/mol. The van der Waals surface area contributed by atoms with Crippen LogP contribution in [-0.2, 0) is 16.6 Å². The van der Waals surface area contributed by atoms with E-state index in [0.29, 0.717) is 18.0 Å². The predicted octanol–water partition coefficient (Wildman–Crippen LogP) is 3.39. The van der Waals surface area contributed by atoms with Gasteiger partial charge in [0.15, 0.2) is 5.65 Å². The molecule has 0 aliphatic carbocycles. The molecule has 0 bridgehead atoms. The van der Waals surface area contributed by atoms with Crippen LogP contribution in [-0.4, -0.2) is 40.3 Å². The molecule has 1 unspecified atom stereocenters. The molecule has 1 aliphatic rings. The highest BCUT2D eigenvalue weighted by atomic mass is 79.9. The van der Waals surface area contributed by atoms with Crippen LogP contribution in [0.2, 0.25) is 0 Å². The van der Waals surface area contributed by atoms with Gasteiger partial charge in [-0.1, -0.05) is 22.0 Å². The molecule has 1 aliphatic heterocycles. The first-order valence-electron chi connectivity index (χ1n) is 8.57. The lowest BCUT2D eigenvalue weighted by Crippen LogP contribution is -2.29. The number of pyridine rings is 1. The summed E-state index contributed by atoms with van der Waals surface area (Å²) in [4.78, 5) is 9.49. The highest BCUT2D eigenvalue weighted by Gasteiger charge is 2.35. The van der Waals surface area contributed by atoms with Crippen LogP contribution >= 0.6 is 15.9 Å². The second-order valence-electron chi connectivity index (χ2n) is 6.37. The van der Waals surface area contributed by atoms with Gasteiger partial charge in [-0.05, 0) is 43.7 Å². The summed E-state index contributed by atoms with van der Waals surface area (Å²) < 4.78 is 30.3. The summed E-state index contributed by atoms with van der Waals surface area (Å²) in [5.41, 5.74) is 1.72. The molecule has 26 heavy (non-hydrogen) atoms. The third-order valence-corrected chi connectivity index (χ3v) is 7.15. The molecular weight excluding hydrogens is 416 g/mol. The summed E-state index contributed by atoms with van der Waals surface area (Å²) in [5.74, 6) is 0.999. The van der Waals surface area contributed by atoms with E-state index in [1.807, 2.05) is 18.2 Å². The molecule has 0 amide bonds. The second-order valence-corrected chi connectivity index (χ2v) is 9.22. The van der Waals surface area contributed by atoms with Gasteiger partial charge < -0.3 is 4.57 Å². The molecule has 4 rings (SSSR count). The van der Waals surface area contributed by atoms with E-state index >= 15 is 0 Å². The molecular formula is C18H19BrN4O2S. The number of imidazole rings is 1. The van der Waals surface area contributed by atoms with Crippen LogP contribution < -0.4 is 0 Å². The Balaban J connectivity index is 1.65. The number of benzene rings is 1. The Morgan fingerprint density at radius 1 is 1.27 bits per heavy atom. The standard InChI is InChI=1S/C18H19BrN4O2S/c1-2-23-17(21-16-7-4-9-20-18(16)23)13-8-10-22(12-13)26(24,25)15-6-3-5-14(19)11-15/h3-7,9,11,13H,2,8,10,12H2,1H3. The zero-order chi connectivity index (χ0) is 18.3. The minimum Gasteiger partial charge on any atom is -0.313 e. The number of halogens is 1. The molecule has 0 radical (unpaired) electrons. The van der Waals surface area contributed by atoms with Crippen molar-refractivity contribution in [3.8, 4) is 0 Å². The molecule has 6 nitrogen and oxygen atoms in total. The topological polar surface area (TPSA) is 68.1 Å². The van der Waals surface area contributed by atoms with Crippen molar-refractivity contribution in [3.05, 3.63) is 52.9 Å². The Hall–Kier alpha value is -1.77. The fourth-order valence-corrected chi connectivity index (χ4v) is 5.63. The molecule has 2 aromatic heterocycles. The van der Waals surface area contributed by atoms with Crippen molar-refractivity contribution in [1.29, 1.82) is 0 Å². The van der Waals surface area contributed by atoms with Crippen LogP contribution in [0.15, 0.2) is 52.0 Å². The second kappa shape index (κ2) is 6.75. The maximum Gasteiger partial charge on any atom is 0.243 e. The molecule has 1 aromatic carbocycles. The van der Waals surface area contributed by atoms with Gasteiger partial charge in [0.1, 0.15) is 11.3 Å². The fourth-order valence-electron chi connectivity index (χ4n) is 3.53. The smallest absolute Gasteiger partial charge is 0.243 e. The molecule has 1 saturated heterocycles. The van der Waals surface area contributed by atoms with E-state index in [4.69, 9.17) is 4.98 Å². The van der Waals surface area contributed by atoms with Crippen LogP contribution in [0.25, 0.3) is 11.2 Å². The minimum absolute atomic E-state index is 0.0751. The van der Waals surface area contributed by atoms with Gasteiger partial charge in [-0.15, -0.1) is 0 Å². The first-order valence-corrected chi connectivity index (χ1v) is 10.8. The lowest BCUT2D eigenvalue weighted by Gasteiger charge is -2.17. The minimum atomic E-state index is -3.50. The highest BCUT2D eigenvalue weighted by molar-refractivity contribution is 9.10. The number of fused-ring (bicyclic) bond motifs is 1. The number of hydrogen-bond acceptors (Lipinski definition) is 4. The van der Waals surface area contributed by atoms with Crippen LogP contribution in [0, 0.1) is 0 Å². The summed E-state index contributed by atoms with van der Waals surface area (Å²) in [6, 6.07) is 10.7. The van der Waals surface area contributed by atoms with Gasteiger partial charge in [-0.2, -0.15) is 4.31 Å². The lowest BCUT2D eigenvalue weighted by atomic mass is 10.1. The summed E-state index contributed by atoms with van der Waals surface area (Å²) >= 11 is 3.35. The summed E-state index contributed by atoms with van der Waals surface area (Å²) in [7, 11) is -3.50. The van der Waals surface area contributed by atoms with E-state index < -0.39 is 10.0 Å². The van der Waals surface area contributed by atoms with Crippen LogP contribution in [0.5, 0.6) is 0 Å². The number of nitrogens with zero attached hydrogens (tertiary/aromatic N) is 4. The fraction of sp³-hybridized carbons (Fsp3) is 0.333. The van der Waals surface area contributed by atoms with Crippen LogP contribution in [0.1, 0.15) is 25.1 Å². The summed E-state index contributed by atoms with van der Waals surface area (Å²) in [6.07, 6.45) is 2.52. The van der Waals surface area contributed by atoms with Gasteiger partial charge >= 0.3 is 0 Å². The van der Waals surface area contributed by atoms with E-state index in [-0.39, 0.29) is 5.92 Å². The van der Waals surface area contributed by atoms with Crippen molar-refractivity contribution in [2.75, 3.05) is 13.1 Å². The van der Waals surface area contributed by atoms with Crippen molar-refractivity contribution >= 4 is 37.1 Å². The molecule has 3 aromatic rings. The number of rotatable bonds is 4. The average Bonchev–Trinajstić information content (AvgIpc) is 3.26. The Kier molecular flexibility index (Phi) is 4.58. The van der Waals surface area contributed by atoms with E-state index in [9.17, 15) is 8.42 Å². The van der Waals surface area contributed by atoms with Gasteiger partial charge in [0, 0.05) is 36.2 Å². The van der Waals surface area contributed by atoms with Crippen molar-refractivity contribution < 1.29 is 8.42 Å². The van der Waals surface area contributed by atoms with Crippen molar-refractivity contribution in [3.63, 3.8) is 0 Å². The van der Waals surface area contributed by atoms with E-state index in [1.165, 1.54) is 0 Å². The quantitative estimate of drug-likeness (QED) is 0.630. The SMILES string of the molecule is CCn1c(C2CCN(S(=O)(=O)c3cccc(Br)c3)C2)nc2cccnc21. The molecule has 8 heteroatoms. The average molecular weight is 435 g/mol. The Morgan fingerprint density at radius 3 is 2.88 bits per heavy atom. The van der Waals surface area contributed by atoms with Crippen molar-refractivity contribution in [2.24, 2.45) is 0 Å².